The molecule has 11 nitrogen and oxygen atoms in total. The molecule has 0 unspecified atom stereocenters. The van der Waals surface area contributed by atoms with Crippen LogP contribution in [0.25, 0.3) is 0 Å². The van der Waals surface area contributed by atoms with Gasteiger partial charge in [0.1, 0.15) is 17.6 Å². The molecule has 0 saturated heterocycles. The summed E-state index contributed by atoms with van der Waals surface area (Å²) < 4.78 is 23.5. The Kier molecular flexibility index (Phi) is 12.2. The van der Waals surface area contributed by atoms with Gasteiger partial charge < -0.3 is 29.2 Å². The summed E-state index contributed by atoms with van der Waals surface area (Å²) in [6.45, 7) is 9.77. The number of carbonyl (C=O) groups excluding carboxylic acids is 2. The number of benzene rings is 1. The molecule has 0 saturated carbocycles. The van der Waals surface area contributed by atoms with Crippen LogP contribution in [0.3, 0.4) is 0 Å². The number of amides is 1. The number of rotatable bonds is 16. The molecular weight excluding hydrogens is 454 g/mol. The first-order valence-electron chi connectivity index (χ1n) is 11.6. The van der Waals surface area contributed by atoms with E-state index in [0.717, 1.165) is 17.7 Å². The minimum atomic E-state index is -0.513. The third-order valence-corrected chi connectivity index (χ3v) is 4.63. The van der Waals surface area contributed by atoms with E-state index in [0.29, 0.717) is 64.8 Å². The number of likely N-dealkylation sites (N-methyl/N-ethyl adjacent to an activating group) is 1. The molecule has 0 spiro atoms. The molecule has 2 aromatic rings. The zero-order valence-electron chi connectivity index (χ0n) is 21.1. The lowest BCUT2D eigenvalue weighted by Crippen LogP contribution is -2.34. The molecule has 0 aliphatic heterocycles. The molecule has 0 atom stereocenters. The highest BCUT2D eigenvalue weighted by Crippen LogP contribution is 2.12. The molecule has 0 fully saturated rings. The van der Waals surface area contributed by atoms with Crippen LogP contribution in [0.1, 0.15) is 36.8 Å². The maximum Gasteiger partial charge on any atom is 0.407 e. The summed E-state index contributed by atoms with van der Waals surface area (Å²) in [6.07, 6.45) is 2.21. The van der Waals surface area contributed by atoms with Crippen molar-refractivity contribution < 1.29 is 28.5 Å². The molecule has 0 aliphatic rings. The molecule has 1 amide bonds. The van der Waals surface area contributed by atoms with Crippen molar-refractivity contribution in [2.24, 2.45) is 0 Å². The number of nitrogens with one attached hydrogen (secondary N) is 1. The third-order valence-electron chi connectivity index (χ3n) is 4.63. The molecule has 194 valence electrons. The molecule has 0 aliphatic carbocycles. The Bertz CT molecular complexity index is 881. The maximum atomic E-state index is 11.5. The van der Waals surface area contributed by atoms with Crippen molar-refractivity contribution in [3.63, 3.8) is 0 Å². The molecule has 1 aromatic carbocycles. The van der Waals surface area contributed by atoms with Crippen LogP contribution in [0.5, 0.6) is 0 Å². The normalized spacial score (nSPS) is 11.3. The van der Waals surface area contributed by atoms with E-state index < -0.39 is 11.7 Å². The summed E-state index contributed by atoms with van der Waals surface area (Å²) in [5.41, 5.74) is 1.92. The molecule has 0 radical (unpaired) electrons. The molecule has 0 bridgehead atoms. The molecule has 1 N–H and O–H groups in total. The average Bonchev–Trinajstić information content (AvgIpc) is 3.27. The predicted molar refractivity (Wildman–Crippen MR) is 131 cm³/mol. The highest BCUT2D eigenvalue weighted by Gasteiger charge is 2.15. The quantitative estimate of drug-likeness (QED) is 0.279. The first-order chi connectivity index (χ1) is 16.8. The van der Waals surface area contributed by atoms with Crippen LogP contribution in [0.15, 0.2) is 30.5 Å². The minimum absolute atomic E-state index is 0.378. The molecule has 11 heteroatoms. The lowest BCUT2D eigenvalue weighted by Gasteiger charge is -2.19. The highest BCUT2D eigenvalue weighted by molar-refractivity contribution is 5.75. The molecule has 1 aromatic heterocycles. The third kappa shape index (κ3) is 12.3. The van der Waals surface area contributed by atoms with E-state index in [2.05, 4.69) is 20.5 Å². The Labute approximate surface area is 206 Å². The monoisotopic (exact) mass is 491 g/mol. The van der Waals surface area contributed by atoms with E-state index >= 15 is 0 Å². The van der Waals surface area contributed by atoms with Gasteiger partial charge in [-0.3, -0.25) is 4.79 Å². The highest BCUT2D eigenvalue weighted by atomic mass is 16.6. The van der Waals surface area contributed by atoms with Crippen LogP contribution in [0, 0.1) is 0 Å². The number of hydrogen-bond donors (Lipinski definition) is 1. The second-order valence-corrected chi connectivity index (χ2v) is 8.81. The van der Waals surface area contributed by atoms with Crippen LogP contribution in [0.2, 0.25) is 0 Å². The SMILES string of the molecule is CN(CCOCc1cn(CCOCCOCCNC(=O)OC(C)(C)C)nn1)c1ccc(C=O)cc1. The second-order valence-electron chi connectivity index (χ2n) is 8.81. The van der Waals surface area contributed by atoms with Crippen molar-refractivity contribution in [2.45, 2.75) is 39.5 Å². The number of anilines is 1. The summed E-state index contributed by atoms with van der Waals surface area (Å²) in [6, 6.07) is 7.41. The smallest absolute Gasteiger partial charge is 0.407 e. The fraction of sp³-hybridized carbons (Fsp3) is 0.583. The van der Waals surface area contributed by atoms with Gasteiger partial charge in [-0.1, -0.05) is 5.21 Å². The van der Waals surface area contributed by atoms with E-state index in [9.17, 15) is 9.59 Å². The number of ether oxygens (including phenoxy) is 4. The van der Waals surface area contributed by atoms with Crippen LogP contribution in [-0.2, 0) is 32.1 Å². The zero-order valence-corrected chi connectivity index (χ0v) is 21.1. The van der Waals surface area contributed by atoms with Gasteiger partial charge in [0.25, 0.3) is 0 Å². The van der Waals surface area contributed by atoms with Crippen molar-refractivity contribution in [3.8, 4) is 0 Å². The van der Waals surface area contributed by atoms with Gasteiger partial charge in [0.05, 0.1) is 52.4 Å². The van der Waals surface area contributed by atoms with Crippen molar-refractivity contribution in [1.82, 2.24) is 20.3 Å². The van der Waals surface area contributed by atoms with Gasteiger partial charge in [-0.25, -0.2) is 9.48 Å². The number of alkyl carbamates (subject to hydrolysis) is 1. The zero-order chi connectivity index (χ0) is 25.5. The Morgan fingerprint density at radius 3 is 2.46 bits per heavy atom. The van der Waals surface area contributed by atoms with Gasteiger partial charge in [0.15, 0.2) is 0 Å². The van der Waals surface area contributed by atoms with E-state index in [-0.39, 0.29) is 0 Å². The summed E-state index contributed by atoms with van der Waals surface area (Å²) in [7, 11) is 1.97. The van der Waals surface area contributed by atoms with E-state index in [1.54, 1.807) is 16.8 Å². The van der Waals surface area contributed by atoms with Gasteiger partial charge >= 0.3 is 6.09 Å². The summed E-state index contributed by atoms with van der Waals surface area (Å²) in [5.74, 6) is 0. The standard InChI is InChI=1S/C24H37N5O6/c1-24(2,3)35-23(31)25-9-12-32-15-16-33-14-11-29-17-21(26-27-29)19-34-13-10-28(4)22-7-5-20(18-30)6-8-22/h5-8,17-18H,9-16,19H2,1-4H3,(H,25,31). The van der Waals surface area contributed by atoms with E-state index in [1.165, 1.54) is 0 Å². The lowest BCUT2D eigenvalue weighted by atomic mass is 10.2. The van der Waals surface area contributed by atoms with Gasteiger partial charge in [0, 0.05) is 31.4 Å². The molecule has 1 heterocycles. The second kappa shape index (κ2) is 15.1. The van der Waals surface area contributed by atoms with E-state index in [4.69, 9.17) is 18.9 Å². The van der Waals surface area contributed by atoms with Crippen molar-refractivity contribution in [3.05, 3.63) is 41.7 Å². The Balaban J connectivity index is 1.47. The van der Waals surface area contributed by atoms with Crippen LogP contribution in [0.4, 0.5) is 10.5 Å². The molecule has 35 heavy (non-hydrogen) atoms. The van der Waals surface area contributed by atoms with Gasteiger partial charge in [-0.15, -0.1) is 5.10 Å². The van der Waals surface area contributed by atoms with Gasteiger partial charge in [-0.05, 0) is 45.0 Å². The van der Waals surface area contributed by atoms with Crippen molar-refractivity contribution in [2.75, 3.05) is 58.1 Å². The van der Waals surface area contributed by atoms with E-state index in [1.807, 2.05) is 46.1 Å². The fourth-order valence-corrected chi connectivity index (χ4v) is 2.85. The summed E-state index contributed by atoms with van der Waals surface area (Å²) >= 11 is 0. The largest absolute Gasteiger partial charge is 0.444 e. The van der Waals surface area contributed by atoms with Crippen LogP contribution in [-0.4, -0.2) is 86.1 Å². The van der Waals surface area contributed by atoms with Crippen molar-refractivity contribution in [1.29, 1.82) is 0 Å². The first-order valence-corrected chi connectivity index (χ1v) is 11.6. The number of aldehydes is 1. The lowest BCUT2D eigenvalue weighted by molar-refractivity contribution is 0.0377. The number of nitrogens with zero attached hydrogens (tertiary/aromatic N) is 4. The molecule has 2 rings (SSSR count). The van der Waals surface area contributed by atoms with Gasteiger partial charge in [-0.2, -0.15) is 0 Å². The predicted octanol–water partition coefficient (Wildman–Crippen LogP) is 2.30. The van der Waals surface area contributed by atoms with Crippen LogP contribution < -0.4 is 10.2 Å². The minimum Gasteiger partial charge on any atom is -0.444 e. The Hall–Kier alpha value is -3.02. The molecular formula is C24H37N5O6. The van der Waals surface area contributed by atoms with Gasteiger partial charge in [0.2, 0.25) is 0 Å². The maximum absolute atomic E-state index is 11.5. The summed E-state index contributed by atoms with van der Waals surface area (Å²) in [5, 5.41) is 10.8. The first kappa shape index (κ1) is 28.2. The van der Waals surface area contributed by atoms with Crippen LogP contribution >= 0.6 is 0 Å². The summed E-state index contributed by atoms with van der Waals surface area (Å²) in [4.78, 5) is 24.3. The average molecular weight is 492 g/mol. The number of hydrogen-bond acceptors (Lipinski definition) is 9. The number of aromatic nitrogens is 3. The fourth-order valence-electron chi connectivity index (χ4n) is 2.85. The Morgan fingerprint density at radius 1 is 1.06 bits per heavy atom. The topological polar surface area (TPSA) is 117 Å². The Morgan fingerprint density at radius 2 is 1.77 bits per heavy atom. The number of carbonyl (C=O) groups is 2. The van der Waals surface area contributed by atoms with Crippen molar-refractivity contribution >= 4 is 18.1 Å².